The van der Waals surface area contributed by atoms with Gasteiger partial charge in [0, 0.05) is 44.2 Å². The molecule has 220 valence electrons. The second kappa shape index (κ2) is 12.3. The van der Waals surface area contributed by atoms with Crippen LogP contribution in [0.3, 0.4) is 0 Å². The van der Waals surface area contributed by atoms with Crippen molar-refractivity contribution in [3.8, 4) is 5.75 Å². The summed E-state index contributed by atoms with van der Waals surface area (Å²) in [5, 5.41) is 11.6. The van der Waals surface area contributed by atoms with E-state index in [9.17, 15) is 24.5 Å². The molecule has 3 heterocycles. The summed E-state index contributed by atoms with van der Waals surface area (Å²) in [6.07, 6.45) is 2.45. The summed E-state index contributed by atoms with van der Waals surface area (Å²) in [7, 11) is 1.56. The number of nitrogens with zero attached hydrogens (tertiary/aromatic N) is 6. The number of aromatic nitrogens is 2. The lowest BCUT2D eigenvalue weighted by atomic mass is 9.99. The maximum atomic E-state index is 13.9. The molecule has 0 saturated carbocycles. The number of imidazole rings is 1. The number of carbonyl (C=O) groups is 3. The lowest BCUT2D eigenvalue weighted by molar-refractivity contribution is -0.385. The number of primary amides is 1. The fourth-order valence-electron chi connectivity index (χ4n) is 5.62. The molecule has 42 heavy (non-hydrogen) atoms. The van der Waals surface area contributed by atoms with E-state index in [-0.39, 0.29) is 43.4 Å². The summed E-state index contributed by atoms with van der Waals surface area (Å²) in [5.74, 6) is 0.179. The Bertz CT molecular complexity index is 1510. The zero-order chi connectivity index (χ0) is 29.8. The van der Waals surface area contributed by atoms with Crippen LogP contribution in [0, 0.1) is 10.1 Å². The van der Waals surface area contributed by atoms with E-state index in [1.807, 2.05) is 12.1 Å². The van der Waals surface area contributed by atoms with E-state index in [2.05, 4.69) is 4.98 Å². The third-order valence-corrected chi connectivity index (χ3v) is 7.86. The Morgan fingerprint density at radius 2 is 1.83 bits per heavy atom. The number of nitro benzene ring substituents is 1. The van der Waals surface area contributed by atoms with Gasteiger partial charge in [-0.2, -0.15) is 0 Å². The number of fused-ring (bicyclic) bond motifs is 1. The van der Waals surface area contributed by atoms with Gasteiger partial charge >= 0.3 is 6.03 Å². The molecule has 2 aliphatic rings. The highest BCUT2D eigenvalue weighted by Crippen LogP contribution is 2.28. The average molecular weight is 576 g/mol. The number of benzene rings is 2. The first-order valence-corrected chi connectivity index (χ1v) is 13.8. The van der Waals surface area contributed by atoms with Crippen molar-refractivity contribution in [3.63, 3.8) is 0 Å². The number of amides is 4. The Hall–Kier alpha value is -4.94. The highest BCUT2D eigenvalue weighted by molar-refractivity contribution is 5.89. The number of carbonyl (C=O) groups excluding carboxylic acids is 3. The van der Waals surface area contributed by atoms with Crippen LogP contribution >= 0.6 is 0 Å². The van der Waals surface area contributed by atoms with Gasteiger partial charge in [0.15, 0.2) is 0 Å². The van der Waals surface area contributed by atoms with Gasteiger partial charge in [-0.25, -0.2) is 9.78 Å². The molecule has 4 amide bonds. The second-order valence-electron chi connectivity index (χ2n) is 10.4. The van der Waals surface area contributed by atoms with E-state index in [1.54, 1.807) is 58.1 Å². The van der Waals surface area contributed by atoms with Crippen LogP contribution in [0.1, 0.15) is 28.9 Å². The lowest BCUT2D eigenvalue weighted by Gasteiger charge is -2.37. The number of ether oxygens (including phenoxy) is 1. The summed E-state index contributed by atoms with van der Waals surface area (Å²) < 4.78 is 7.12. The summed E-state index contributed by atoms with van der Waals surface area (Å²) >= 11 is 0. The van der Waals surface area contributed by atoms with Gasteiger partial charge in [0.25, 0.3) is 5.69 Å². The third kappa shape index (κ3) is 6.04. The molecule has 0 aliphatic carbocycles. The van der Waals surface area contributed by atoms with E-state index in [0.29, 0.717) is 49.6 Å². The quantitative estimate of drug-likeness (QED) is 0.333. The molecule has 13 nitrogen and oxygen atoms in total. The molecular weight excluding hydrogens is 542 g/mol. The molecule has 0 bridgehead atoms. The smallest absolute Gasteiger partial charge is 0.314 e. The molecule has 2 aliphatic heterocycles. The molecule has 1 saturated heterocycles. The highest BCUT2D eigenvalue weighted by atomic mass is 16.6. The van der Waals surface area contributed by atoms with Crippen molar-refractivity contribution in [2.45, 2.75) is 38.4 Å². The molecule has 1 fully saturated rings. The number of methoxy groups -OCH3 is 1. The van der Waals surface area contributed by atoms with Gasteiger partial charge in [-0.15, -0.1) is 0 Å². The number of para-hydroxylation sites is 1. The number of hydrogen-bond donors (Lipinski definition) is 1. The maximum absolute atomic E-state index is 13.9. The Morgan fingerprint density at radius 1 is 1.07 bits per heavy atom. The zero-order valence-electron chi connectivity index (χ0n) is 23.3. The fourth-order valence-corrected chi connectivity index (χ4v) is 5.62. The number of urea groups is 1. The van der Waals surface area contributed by atoms with Crippen molar-refractivity contribution in [3.05, 3.63) is 87.5 Å². The van der Waals surface area contributed by atoms with Crippen LogP contribution in [0.4, 0.5) is 10.5 Å². The minimum absolute atomic E-state index is 0.000870. The Labute approximate surface area is 242 Å². The first-order valence-electron chi connectivity index (χ1n) is 13.8. The average Bonchev–Trinajstić information content (AvgIpc) is 3.20. The van der Waals surface area contributed by atoms with Gasteiger partial charge in [-0.05, 0) is 24.1 Å². The van der Waals surface area contributed by atoms with Crippen LogP contribution in [0.5, 0.6) is 5.75 Å². The predicted octanol–water partition coefficient (Wildman–Crippen LogP) is 1.96. The zero-order valence-corrected chi connectivity index (χ0v) is 23.3. The van der Waals surface area contributed by atoms with Crippen LogP contribution in [-0.4, -0.2) is 86.4 Å². The van der Waals surface area contributed by atoms with E-state index < -0.39 is 17.0 Å². The number of rotatable bonds is 7. The van der Waals surface area contributed by atoms with Gasteiger partial charge in [0.05, 0.1) is 49.3 Å². The molecule has 1 atom stereocenters. The fraction of sp³-hybridized carbons (Fsp3) is 0.379. The molecule has 3 aromatic rings. The van der Waals surface area contributed by atoms with E-state index in [1.165, 1.54) is 11.0 Å². The topological polar surface area (TPSA) is 157 Å². The molecule has 0 radical (unpaired) electrons. The van der Waals surface area contributed by atoms with Crippen LogP contribution in [-0.2, 0) is 35.5 Å². The first-order chi connectivity index (χ1) is 20.2. The molecule has 1 aromatic heterocycles. The largest absolute Gasteiger partial charge is 0.497 e. The van der Waals surface area contributed by atoms with Crippen LogP contribution in [0.15, 0.2) is 54.9 Å². The number of nitro groups is 1. The van der Waals surface area contributed by atoms with Gasteiger partial charge < -0.3 is 29.7 Å². The lowest BCUT2D eigenvalue weighted by Crippen LogP contribution is -2.55. The van der Waals surface area contributed by atoms with Gasteiger partial charge in [0.1, 0.15) is 11.8 Å². The SMILES string of the molecule is COc1cccc(CC(=O)N2Cc3c(ncn3Cc3ccccc3[N+](=O)[O-])CC2C(=O)N2CCCN(C(N)=O)CC2)c1. The summed E-state index contributed by atoms with van der Waals surface area (Å²) in [4.78, 5) is 60.0. The molecule has 1 unspecified atom stereocenters. The van der Waals surface area contributed by atoms with Crippen molar-refractivity contribution < 1.29 is 24.0 Å². The van der Waals surface area contributed by atoms with E-state index >= 15 is 0 Å². The van der Waals surface area contributed by atoms with Crippen molar-refractivity contribution in [1.82, 2.24) is 24.3 Å². The predicted molar refractivity (Wildman–Crippen MR) is 152 cm³/mol. The van der Waals surface area contributed by atoms with E-state index in [4.69, 9.17) is 10.5 Å². The van der Waals surface area contributed by atoms with Crippen molar-refractivity contribution in [1.29, 1.82) is 0 Å². The Kier molecular flexibility index (Phi) is 8.36. The normalized spacial score (nSPS) is 16.9. The number of hydrogen-bond acceptors (Lipinski definition) is 7. The van der Waals surface area contributed by atoms with Gasteiger partial charge in [0.2, 0.25) is 11.8 Å². The Morgan fingerprint density at radius 3 is 2.60 bits per heavy atom. The van der Waals surface area contributed by atoms with Gasteiger partial charge in [-0.1, -0.05) is 30.3 Å². The second-order valence-corrected chi connectivity index (χ2v) is 10.4. The van der Waals surface area contributed by atoms with Gasteiger partial charge in [-0.3, -0.25) is 19.7 Å². The monoisotopic (exact) mass is 575 g/mol. The van der Waals surface area contributed by atoms with Crippen LogP contribution in [0.2, 0.25) is 0 Å². The highest BCUT2D eigenvalue weighted by Gasteiger charge is 2.39. The van der Waals surface area contributed by atoms with Crippen LogP contribution in [0.25, 0.3) is 0 Å². The Balaban J connectivity index is 1.44. The summed E-state index contributed by atoms with van der Waals surface area (Å²) in [6, 6.07) is 12.4. The minimum Gasteiger partial charge on any atom is -0.497 e. The summed E-state index contributed by atoms with van der Waals surface area (Å²) in [6.45, 7) is 1.86. The molecular formula is C29H33N7O6. The number of nitrogens with two attached hydrogens (primary N) is 1. The molecule has 0 spiro atoms. The molecule has 2 N–H and O–H groups in total. The molecule has 5 rings (SSSR count). The molecule has 13 heteroatoms. The third-order valence-electron chi connectivity index (χ3n) is 7.86. The van der Waals surface area contributed by atoms with Crippen molar-refractivity contribution in [2.24, 2.45) is 5.73 Å². The minimum atomic E-state index is -0.787. The van der Waals surface area contributed by atoms with Crippen molar-refractivity contribution >= 4 is 23.5 Å². The first kappa shape index (κ1) is 28.6. The standard InChI is InChI=1S/C29H33N7O6/c1-42-22-8-4-6-20(14-22)15-27(37)35-18-26-23(31-19-34(26)17-21-7-2-3-9-24(21)36(40)41)16-25(35)28(38)32-10-5-11-33(13-12-32)29(30)39/h2-4,6-9,14,19,25H,5,10-13,15-18H2,1H3,(H2,30,39). The molecule has 2 aromatic carbocycles. The van der Waals surface area contributed by atoms with Crippen molar-refractivity contribution in [2.75, 3.05) is 33.3 Å². The van der Waals surface area contributed by atoms with E-state index in [0.717, 1.165) is 11.3 Å². The maximum Gasteiger partial charge on any atom is 0.314 e. The van der Waals surface area contributed by atoms with Crippen LogP contribution < -0.4 is 10.5 Å². The summed E-state index contributed by atoms with van der Waals surface area (Å²) in [5.41, 5.74) is 8.13.